The van der Waals surface area contributed by atoms with Crippen molar-refractivity contribution in [2.45, 2.75) is 12.5 Å². The maximum absolute atomic E-state index is 12.7. The highest BCUT2D eigenvalue weighted by Gasteiger charge is 2.14. The number of amides is 1. The summed E-state index contributed by atoms with van der Waals surface area (Å²) in [4.78, 5) is 13.8. The van der Waals surface area contributed by atoms with E-state index >= 15 is 0 Å². The quantitative estimate of drug-likeness (QED) is 0.417. The van der Waals surface area contributed by atoms with Gasteiger partial charge in [0.15, 0.2) is 0 Å². The van der Waals surface area contributed by atoms with Gasteiger partial charge in [0.1, 0.15) is 5.69 Å². The molecule has 4 nitrogen and oxygen atoms in total. The van der Waals surface area contributed by atoms with Gasteiger partial charge in [0, 0.05) is 17.8 Å². The number of hydrogen-bond acceptors (Lipinski definition) is 3. The number of nitrogens with zero attached hydrogens (tertiary/aromatic N) is 1. The molecule has 2 heterocycles. The van der Waals surface area contributed by atoms with Gasteiger partial charge in [0.25, 0.3) is 0 Å². The lowest BCUT2D eigenvalue weighted by Gasteiger charge is -2.18. The van der Waals surface area contributed by atoms with E-state index in [1.165, 1.54) is 5.56 Å². The van der Waals surface area contributed by atoms with Gasteiger partial charge in [-0.3, -0.25) is 9.89 Å². The standard InChI is InChI=1S/C24H21N3OS/c28-23(14-13-20-17-25-27-24(20)22-12-7-15-29-22)26-21(19-10-5-2-6-11-19)16-18-8-3-1-4-9-18/h1-15,17,21H,16H2,(H,25,27)(H,26,28)/b14-13+. The van der Waals surface area contributed by atoms with Gasteiger partial charge in [-0.1, -0.05) is 66.7 Å². The Balaban J connectivity index is 1.50. The molecule has 0 saturated heterocycles. The van der Waals surface area contributed by atoms with Gasteiger partial charge >= 0.3 is 0 Å². The first kappa shape index (κ1) is 18.9. The summed E-state index contributed by atoms with van der Waals surface area (Å²) in [5.74, 6) is -0.131. The molecular weight excluding hydrogens is 378 g/mol. The van der Waals surface area contributed by atoms with Gasteiger partial charge in [-0.2, -0.15) is 5.10 Å². The molecule has 4 aromatic rings. The Morgan fingerprint density at radius 1 is 1.03 bits per heavy atom. The summed E-state index contributed by atoms with van der Waals surface area (Å²) in [5.41, 5.74) is 4.01. The van der Waals surface area contributed by atoms with E-state index in [4.69, 9.17) is 0 Å². The van der Waals surface area contributed by atoms with Crippen molar-refractivity contribution in [2.75, 3.05) is 0 Å². The Bertz CT molecular complexity index is 1070. The first-order valence-corrected chi connectivity index (χ1v) is 10.3. The average Bonchev–Trinajstić information content (AvgIpc) is 3.45. The first-order chi connectivity index (χ1) is 14.3. The second kappa shape index (κ2) is 9.17. The molecule has 0 bridgehead atoms. The molecule has 0 fully saturated rings. The van der Waals surface area contributed by atoms with E-state index in [1.54, 1.807) is 29.7 Å². The molecule has 1 amide bonds. The third kappa shape index (κ3) is 4.89. The molecule has 0 aliphatic carbocycles. The molecule has 2 aromatic carbocycles. The zero-order valence-corrected chi connectivity index (χ0v) is 16.6. The van der Waals surface area contributed by atoms with Crippen LogP contribution in [0.5, 0.6) is 0 Å². The van der Waals surface area contributed by atoms with Crippen molar-refractivity contribution in [2.24, 2.45) is 0 Å². The van der Waals surface area contributed by atoms with Gasteiger partial charge in [0.05, 0.1) is 10.9 Å². The van der Waals surface area contributed by atoms with Crippen molar-refractivity contribution in [3.63, 3.8) is 0 Å². The normalized spacial score (nSPS) is 12.1. The van der Waals surface area contributed by atoms with E-state index in [0.717, 1.165) is 28.1 Å². The zero-order valence-electron chi connectivity index (χ0n) is 15.8. The topological polar surface area (TPSA) is 57.8 Å². The second-order valence-electron chi connectivity index (χ2n) is 6.66. The van der Waals surface area contributed by atoms with Gasteiger partial charge in [-0.05, 0) is 35.1 Å². The van der Waals surface area contributed by atoms with Crippen molar-refractivity contribution < 1.29 is 4.79 Å². The highest BCUT2D eigenvalue weighted by atomic mass is 32.1. The van der Waals surface area contributed by atoms with Crippen molar-refractivity contribution in [1.82, 2.24) is 15.5 Å². The lowest BCUT2D eigenvalue weighted by Crippen LogP contribution is -2.28. The molecule has 0 saturated carbocycles. The van der Waals surface area contributed by atoms with Gasteiger partial charge < -0.3 is 5.32 Å². The minimum Gasteiger partial charge on any atom is -0.345 e. The van der Waals surface area contributed by atoms with Crippen LogP contribution in [-0.2, 0) is 11.2 Å². The fraction of sp³-hybridized carbons (Fsp3) is 0.0833. The summed E-state index contributed by atoms with van der Waals surface area (Å²) in [7, 11) is 0. The lowest BCUT2D eigenvalue weighted by molar-refractivity contribution is -0.117. The Labute approximate surface area is 173 Å². The Kier molecular flexibility index (Phi) is 5.98. The minimum atomic E-state index is -0.131. The molecule has 2 aromatic heterocycles. The number of hydrogen-bond donors (Lipinski definition) is 2. The van der Waals surface area contributed by atoms with Gasteiger partial charge in [0.2, 0.25) is 5.91 Å². The maximum atomic E-state index is 12.7. The molecule has 144 valence electrons. The summed E-state index contributed by atoms with van der Waals surface area (Å²) in [6, 6.07) is 24.2. The number of aromatic amines is 1. The fourth-order valence-electron chi connectivity index (χ4n) is 3.21. The maximum Gasteiger partial charge on any atom is 0.244 e. The zero-order chi connectivity index (χ0) is 19.9. The Hall–Kier alpha value is -3.44. The van der Waals surface area contributed by atoms with Gasteiger partial charge in [-0.25, -0.2) is 0 Å². The summed E-state index contributed by atoms with van der Waals surface area (Å²) in [5, 5.41) is 12.3. The molecule has 1 unspecified atom stereocenters. The Morgan fingerprint density at radius 3 is 2.52 bits per heavy atom. The largest absolute Gasteiger partial charge is 0.345 e. The summed E-state index contributed by atoms with van der Waals surface area (Å²) in [6.45, 7) is 0. The number of nitrogens with one attached hydrogen (secondary N) is 2. The van der Waals surface area contributed by atoms with Crippen LogP contribution < -0.4 is 5.32 Å². The molecule has 0 aliphatic heterocycles. The molecular formula is C24H21N3OS. The summed E-state index contributed by atoms with van der Waals surface area (Å²) >= 11 is 1.62. The monoisotopic (exact) mass is 399 g/mol. The van der Waals surface area contributed by atoms with E-state index < -0.39 is 0 Å². The molecule has 29 heavy (non-hydrogen) atoms. The van der Waals surface area contributed by atoms with Crippen molar-refractivity contribution in [3.05, 3.63) is 107 Å². The summed E-state index contributed by atoms with van der Waals surface area (Å²) in [6.07, 6.45) is 5.91. The third-order valence-corrected chi connectivity index (χ3v) is 5.52. The highest BCUT2D eigenvalue weighted by Crippen LogP contribution is 2.26. The van der Waals surface area contributed by atoms with E-state index in [1.807, 2.05) is 66.0 Å². The third-order valence-electron chi connectivity index (χ3n) is 4.64. The molecule has 0 radical (unpaired) electrons. The lowest BCUT2D eigenvalue weighted by atomic mass is 9.99. The molecule has 2 N–H and O–H groups in total. The molecule has 0 aliphatic rings. The van der Waals surface area contributed by atoms with Crippen LogP contribution in [0.1, 0.15) is 22.7 Å². The predicted octanol–water partition coefficient (Wildman–Crippen LogP) is 5.25. The summed E-state index contributed by atoms with van der Waals surface area (Å²) < 4.78 is 0. The van der Waals surface area contributed by atoms with Crippen LogP contribution in [0.2, 0.25) is 0 Å². The number of thiophene rings is 1. The average molecular weight is 400 g/mol. The second-order valence-corrected chi connectivity index (χ2v) is 7.61. The smallest absolute Gasteiger partial charge is 0.244 e. The number of carbonyl (C=O) groups excluding carboxylic acids is 1. The number of rotatable bonds is 7. The van der Waals surface area contributed by atoms with Crippen LogP contribution in [0, 0.1) is 0 Å². The van der Waals surface area contributed by atoms with E-state index in [9.17, 15) is 4.79 Å². The van der Waals surface area contributed by atoms with Crippen LogP contribution in [0.15, 0.2) is 90.4 Å². The number of aromatic nitrogens is 2. The van der Waals surface area contributed by atoms with Crippen LogP contribution in [0.4, 0.5) is 0 Å². The van der Waals surface area contributed by atoms with Crippen molar-refractivity contribution in [3.8, 4) is 10.6 Å². The predicted molar refractivity (Wildman–Crippen MR) is 118 cm³/mol. The van der Waals surface area contributed by atoms with E-state index in [-0.39, 0.29) is 11.9 Å². The van der Waals surface area contributed by atoms with E-state index in [0.29, 0.717) is 0 Å². The van der Waals surface area contributed by atoms with Gasteiger partial charge in [-0.15, -0.1) is 11.3 Å². The molecule has 0 spiro atoms. The van der Waals surface area contributed by atoms with E-state index in [2.05, 4.69) is 27.6 Å². The first-order valence-electron chi connectivity index (χ1n) is 9.45. The van der Waals surface area contributed by atoms with Crippen LogP contribution >= 0.6 is 11.3 Å². The minimum absolute atomic E-state index is 0.100. The highest BCUT2D eigenvalue weighted by molar-refractivity contribution is 7.13. The Morgan fingerprint density at radius 2 is 1.79 bits per heavy atom. The van der Waals surface area contributed by atoms with Crippen molar-refractivity contribution >= 4 is 23.3 Å². The van der Waals surface area contributed by atoms with Crippen LogP contribution in [0.3, 0.4) is 0 Å². The van der Waals surface area contributed by atoms with Crippen molar-refractivity contribution in [1.29, 1.82) is 0 Å². The number of benzene rings is 2. The number of H-pyrrole nitrogens is 1. The van der Waals surface area contributed by atoms with Crippen LogP contribution in [-0.4, -0.2) is 16.1 Å². The van der Waals surface area contributed by atoms with Crippen LogP contribution in [0.25, 0.3) is 16.6 Å². The number of carbonyl (C=O) groups is 1. The molecule has 1 atom stereocenters. The molecule has 5 heteroatoms. The fourth-order valence-corrected chi connectivity index (χ4v) is 3.95. The SMILES string of the molecule is O=C(/C=C/c1c[nH]nc1-c1cccs1)NC(Cc1ccccc1)c1ccccc1. The molecule has 4 rings (SSSR count).